The van der Waals surface area contributed by atoms with Crippen LogP contribution in [0.25, 0.3) is 6.08 Å². The lowest BCUT2D eigenvalue weighted by Gasteiger charge is -2.38. The Kier molecular flexibility index (Phi) is 8.74. The zero-order valence-corrected chi connectivity index (χ0v) is 24.8. The number of benzene rings is 2. The minimum absolute atomic E-state index is 0.260. The van der Waals surface area contributed by atoms with Gasteiger partial charge in [0, 0.05) is 11.6 Å². The van der Waals surface area contributed by atoms with Crippen molar-refractivity contribution in [2.45, 2.75) is 52.6 Å². The van der Waals surface area contributed by atoms with Crippen molar-refractivity contribution in [2.75, 3.05) is 6.61 Å². The van der Waals surface area contributed by atoms with Gasteiger partial charge in [0.25, 0.3) is 11.1 Å². The maximum absolute atomic E-state index is 12.3. The fraction of sp³-hybridized carbons (Fsp3) is 0.310. The average Bonchev–Trinajstić information content (AvgIpc) is 3.20. The molecule has 2 aliphatic heterocycles. The molecule has 0 bridgehead atoms. The number of aliphatic carboxylic acids is 1. The monoisotopic (exact) mass is 629 g/mol. The standard InChI is InChI=1S/C29H28BrNO8S/c1-15-16(2)26-19(17(3)25(15)38-24(34)7-5-6-23(32)33)10-11-29(4,39-26)14-37-21-9-8-18(12-20(21)30)13-22-27(35)31-28(36)40-22/h5,7-9,12-13H,6,10-11,14H2,1-4H3,(H,32,33)(H,31,35,36)/b7-5+,22-13-. The van der Waals surface area contributed by atoms with E-state index in [0.29, 0.717) is 33.7 Å². The van der Waals surface area contributed by atoms with Crippen LogP contribution in [0.3, 0.4) is 0 Å². The number of rotatable bonds is 8. The second-order valence-corrected chi connectivity index (χ2v) is 11.7. The number of imide groups is 1. The summed E-state index contributed by atoms with van der Waals surface area (Å²) in [7, 11) is 0. The first-order valence-corrected chi connectivity index (χ1v) is 14.1. The molecule has 0 spiro atoms. The van der Waals surface area contributed by atoms with Gasteiger partial charge in [0.1, 0.15) is 29.5 Å². The van der Waals surface area contributed by atoms with Gasteiger partial charge in [0.2, 0.25) is 0 Å². The summed E-state index contributed by atoms with van der Waals surface area (Å²) in [5.74, 6) is -0.251. The van der Waals surface area contributed by atoms with Crippen molar-refractivity contribution in [1.29, 1.82) is 0 Å². The number of ether oxygens (including phenoxy) is 3. The number of carboxylic acids is 1. The molecular formula is C29H28BrNO8S. The maximum atomic E-state index is 12.3. The average molecular weight is 631 g/mol. The predicted molar refractivity (Wildman–Crippen MR) is 154 cm³/mol. The summed E-state index contributed by atoms with van der Waals surface area (Å²) < 4.78 is 18.9. The molecule has 2 heterocycles. The molecule has 11 heteroatoms. The van der Waals surface area contributed by atoms with E-state index in [1.54, 1.807) is 18.2 Å². The third kappa shape index (κ3) is 6.59. The van der Waals surface area contributed by atoms with E-state index in [0.717, 1.165) is 51.4 Å². The number of hydrogen-bond acceptors (Lipinski definition) is 8. The van der Waals surface area contributed by atoms with E-state index in [4.69, 9.17) is 19.3 Å². The number of hydrogen-bond donors (Lipinski definition) is 2. The highest BCUT2D eigenvalue weighted by Gasteiger charge is 2.36. The van der Waals surface area contributed by atoms with Gasteiger partial charge in [-0.15, -0.1) is 0 Å². The van der Waals surface area contributed by atoms with Gasteiger partial charge in [0.15, 0.2) is 0 Å². The van der Waals surface area contributed by atoms with Crippen molar-refractivity contribution >= 4 is 56.9 Å². The summed E-state index contributed by atoms with van der Waals surface area (Å²) in [6.07, 6.45) is 5.12. The SMILES string of the molecule is Cc1c(C)c2c(c(C)c1OC(=O)/C=C/CC(=O)O)CCC(C)(COc1ccc(/C=C3\SC(=O)NC3=O)cc1Br)O2. The lowest BCUT2D eigenvalue weighted by atomic mass is 9.87. The number of esters is 1. The first-order chi connectivity index (χ1) is 18.9. The Morgan fingerprint density at radius 3 is 2.60 bits per heavy atom. The van der Waals surface area contributed by atoms with E-state index in [1.165, 1.54) is 6.08 Å². The maximum Gasteiger partial charge on any atom is 0.335 e. The molecule has 2 amide bonds. The molecule has 4 rings (SSSR count). The van der Waals surface area contributed by atoms with Crippen LogP contribution in [0.15, 0.2) is 39.7 Å². The van der Waals surface area contributed by atoms with Gasteiger partial charge in [-0.1, -0.05) is 12.1 Å². The van der Waals surface area contributed by atoms with E-state index in [9.17, 15) is 19.2 Å². The van der Waals surface area contributed by atoms with Gasteiger partial charge < -0.3 is 19.3 Å². The molecule has 2 aromatic carbocycles. The van der Waals surface area contributed by atoms with Crippen LogP contribution in [0.1, 0.15) is 47.6 Å². The summed E-state index contributed by atoms with van der Waals surface area (Å²) in [5, 5.41) is 10.6. The normalized spacial score (nSPS) is 19.4. The zero-order chi connectivity index (χ0) is 29.2. The number of nitrogens with one attached hydrogen (secondary N) is 1. The topological polar surface area (TPSA) is 128 Å². The first-order valence-electron chi connectivity index (χ1n) is 12.5. The fourth-order valence-corrected chi connectivity index (χ4v) is 5.65. The van der Waals surface area contributed by atoms with Crippen LogP contribution >= 0.6 is 27.7 Å². The van der Waals surface area contributed by atoms with Crippen LogP contribution in [-0.2, 0) is 20.8 Å². The molecule has 1 saturated heterocycles. The Morgan fingerprint density at radius 1 is 1.20 bits per heavy atom. The molecule has 0 saturated carbocycles. The van der Waals surface area contributed by atoms with Gasteiger partial charge in [-0.2, -0.15) is 0 Å². The second kappa shape index (κ2) is 11.9. The number of halogens is 1. The summed E-state index contributed by atoms with van der Waals surface area (Å²) in [4.78, 5) is 46.5. The highest BCUT2D eigenvalue weighted by Crippen LogP contribution is 2.44. The van der Waals surface area contributed by atoms with Crippen molar-refractivity contribution in [3.63, 3.8) is 0 Å². The molecule has 0 aromatic heterocycles. The second-order valence-electron chi connectivity index (χ2n) is 9.82. The molecule has 0 radical (unpaired) electrons. The van der Waals surface area contributed by atoms with Crippen molar-refractivity contribution in [2.24, 2.45) is 0 Å². The van der Waals surface area contributed by atoms with Crippen molar-refractivity contribution in [3.8, 4) is 17.2 Å². The van der Waals surface area contributed by atoms with Crippen molar-refractivity contribution < 1.29 is 38.5 Å². The number of thioether (sulfide) groups is 1. The smallest absolute Gasteiger partial charge is 0.335 e. The summed E-state index contributed by atoms with van der Waals surface area (Å²) in [6, 6.07) is 5.41. The van der Waals surface area contributed by atoms with E-state index < -0.39 is 23.4 Å². The quantitative estimate of drug-likeness (QED) is 0.211. The first kappa shape index (κ1) is 29.4. The predicted octanol–water partition coefficient (Wildman–Crippen LogP) is 5.80. The highest BCUT2D eigenvalue weighted by molar-refractivity contribution is 9.10. The van der Waals surface area contributed by atoms with Crippen LogP contribution in [-0.4, -0.2) is 40.4 Å². The van der Waals surface area contributed by atoms with Gasteiger partial charge in [-0.05, 0) is 109 Å². The van der Waals surface area contributed by atoms with E-state index in [2.05, 4.69) is 21.2 Å². The van der Waals surface area contributed by atoms with Crippen LogP contribution in [0, 0.1) is 20.8 Å². The zero-order valence-electron chi connectivity index (χ0n) is 22.4. The Balaban J connectivity index is 1.47. The van der Waals surface area contributed by atoms with Crippen LogP contribution in [0.2, 0.25) is 0 Å². The molecule has 2 aromatic rings. The third-order valence-electron chi connectivity index (χ3n) is 6.74. The molecule has 2 aliphatic rings. The molecule has 0 aliphatic carbocycles. The lowest BCUT2D eigenvalue weighted by Crippen LogP contribution is -2.42. The Hall–Kier alpha value is -3.57. The van der Waals surface area contributed by atoms with Gasteiger partial charge in [0.05, 0.1) is 15.8 Å². The summed E-state index contributed by atoms with van der Waals surface area (Å²) in [5.41, 5.74) is 3.52. The molecule has 9 nitrogen and oxygen atoms in total. The largest absolute Gasteiger partial charge is 0.488 e. The van der Waals surface area contributed by atoms with E-state index >= 15 is 0 Å². The van der Waals surface area contributed by atoms with Crippen molar-refractivity contribution in [3.05, 3.63) is 67.5 Å². The van der Waals surface area contributed by atoms with Gasteiger partial charge >= 0.3 is 11.9 Å². The number of carbonyl (C=O) groups is 4. The molecule has 1 fully saturated rings. The Morgan fingerprint density at radius 2 is 1.95 bits per heavy atom. The van der Waals surface area contributed by atoms with Crippen LogP contribution < -0.4 is 19.5 Å². The molecule has 1 atom stereocenters. The number of amides is 2. The third-order valence-corrected chi connectivity index (χ3v) is 8.17. The van der Waals surface area contributed by atoms with Gasteiger partial charge in [-0.25, -0.2) is 4.79 Å². The lowest BCUT2D eigenvalue weighted by molar-refractivity contribution is -0.136. The van der Waals surface area contributed by atoms with E-state index in [1.807, 2.05) is 33.8 Å². The number of carbonyl (C=O) groups excluding carboxylic acids is 3. The summed E-state index contributed by atoms with van der Waals surface area (Å²) >= 11 is 4.39. The van der Waals surface area contributed by atoms with Crippen LogP contribution in [0.4, 0.5) is 4.79 Å². The molecular weight excluding hydrogens is 602 g/mol. The summed E-state index contributed by atoms with van der Waals surface area (Å²) in [6.45, 7) is 7.92. The molecule has 2 N–H and O–H groups in total. The number of fused-ring (bicyclic) bond motifs is 1. The van der Waals surface area contributed by atoms with Crippen LogP contribution in [0.5, 0.6) is 17.2 Å². The minimum atomic E-state index is -1.03. The Bertz CT molecular complexity index is 1480. The molecule has 210 valence electrons. The highest BCUT2D eigenvalue weighted by atomic mass is 79.9. The van der Waals surface area contributed by atoms with E-state index in [-0.39, 0.29) is 18.3 Å². The van der Waals surface area contributed by atoms with Crippen molar-refractivity contribution in [1.82, 2.24) is 5.32 Å². The molecule has 40 heavy (non-hydrogen) atoms. The fourth-order valence-electron chi connectivity index (χ4n) is 4.45. The number of carboxylic acid groups (broad SMARTS) is 1. The minimum Gasteiger partial charge on any atom is -0.488 e. The van der Waals surface area contributed by atoms with Gasteiger partial charge in [-0.3, -0.25) is 19.7 Å². The Labute approximate surface area is 244 Å². The molecule has 1 unspecified atom stereocenters.